The molecular formula is C24H30N2O6S. The lowest BCUT2D eigenvalue weighted by atomic mass is 9.98. The molecule has 8 nitrogen and oxygen atoms in total. The Morgan fingerprint density at radius 2 is 1.82 bits per heavy atom. The number of hydrogen-bond acceptors (Lipinski definition) is 6. The van der Waals surface area contributed by atoms with Gasteiger partial charge in [0, 0.05) is 13.1 Å². The molecule has 0 aliphatic carbocycles. The van der Waals surface area contributed by atoms with E-state index in [-0.39, 0.29) is 34.2 Å². The van der Waals surface area contributed by atoms with E-state index in [0.29, 0.717) is 30.3 Å². The Kier molecular flexibility index (Phi) is 7.63. The molecule has 1 saturated heterocycles. The molecule has 2 aromatic rings. The monoisotopic (exact) mass is 474 g/mol. The highest BCUT2D eigenvalue weighted by Crippen LogP contribution is 2.28. The van der Waals surface area contributed by atoms with E-state index in [9.17, 15) is 18.0 Å². The molecule has 0 bridgehead atoms. The number of nitrogens with zero attached hydrogens (tertiary/aromatic N) is 1. The zero-order chi connectivity index (χ0) is 24.2. The maximum Gasteiger partial charge on any atom is 0.338 e. The number of carbonyl (C=O) groups excluding carboxylic acids is 2. The number of piperidine rings is 1. The maximum atomic E-state index is 13.2. The molecule has 1 heterocycles. The van der Waals surface area contributed by atoms with Crippen LogP contribution in [0.1, 0.15) is 53.0 Å². The van der Waals surface area contributed by atoms with Crippen molar-refractivity contribution in [1.82, 2.24) is 4.90 Å². The molecule has 0 aromatic heterocycles. The van der Waals surface area contributed by atoms with E-state index in [4.69, 9.17) is 9.47 Å². The first-order valence-corrected chi connectivity index (χ1v) is 12.4. The Hall–Kier alpha value is -3.07. The van der Waals surface area contributed by atoms with Gasteiger partial charge in [0.2, 0.25) is 0 Å². The van der Waals surface area contributed by atoms with Gasteiger partial charge in [0.05, 0.1) is 35.4 Å². The first kappa shape index (κ1) is 24.6. The molecule has 1 fully saturated rings. The topological polar surface area (TPSA) is 102 Å². The fraction of sp³-hybridized carbons (Fsp3) is 0.417. The number of carbonyl (C=O) groups is 2. The summed E-state index contributed by atoms with van der Waals surface area (Å²) < 4.78 is 39.2. The van der Waals surface area contributed by atoms with Gasteiger partial charge in [0.1, 0.15) is 5.75 Å². The molecule has 1 amide bonds. The van der Waals surface area contributed by atoms with Crippen LogP contribution in [0.4, 0.5) is 5.69 Å². The van der Waals surface area contributed by atoms with Crippen molar-refractivity contribution in [3.8, 4) is 5.75 Å². The molecule has 33 heavy (non-hydrogen) atoms. The van der Waals surface area contributed by atoms with Crippen molar-refractivity contribution in [1.29, 1.82) is 0 Å². The van der Waals surface area contributed by atoms with E-state index in [1.165, 1.54) is 25.3 Å². The number of hydrogen-bond donors (Lipinski definition) is 1. The van der Waals surface area contributed by atoms with Gasteiger partial charge in [0.15, 0.2) is 0 Å². The third-order valence-electron chi connectivity index (χ3n) is 5.86. The highest BCUT2D eigenvalue weighted by atomic mass is 32.2. The Morgan fingerprint density at radius 3 is 2.45 bits per heavy atom. The van der Waals surface area contributed by atoms with Crippen LogP contribution in [0.15, 0.2) is 41.3 Å². The summed E-state index contributed by atoms with van der Waals surface area (Å²) in [6.07, 6.45) is 1.81. The van der Waals surface area contributed by atoms with Crippen LogP contribution >= 0.6 is 0 Å². The van der Waals surface area contributed by atoms with Crippen molar-refractivity contribution in [3.05, 3.63) is 53.1 Å². The third-order valence-corrected chi connectivity index (χ3v) is 7.22. The van der Waals surface area contributed by atoms with Crippen LogP contribution in [0.25, 0.3) is 0 Å². The predicted molar refractivity (Wildman–Crippen MR) is 125 cm³/mol. The highest BCUT2D eigenvalue weighted by molar-refractivity contribution is 7.92. The van der Waals surface area contributed by atoms with Crippen LogP contribution in [-0.4, -0.2) is 52.0 Å². The van der Waals surface area contributed by atoms with Gasteiger partial charge in [-0.3, -0.25) is 9.52 Å². The predicted octanol–water partition coefficient (Wildman–Crippen LogP) is 3.85. The fourth-order valence-electron chi connectivity index (χ4n) is 3.78. The van der Waals surface area contributed by atoms with Crippen LogP contribution in [0.5, 0.6) is 5.75 Å². The molecule has 178 valence electrons. The second kappa shape index (κ2) is 10.2. The van der Waals surface area contributed by atoms with E-state index >= 15 is 0 Å². The lowest BCUT2D eigenvalue weighted by Gasteiger charge is -2.30. The molecule has 0 unspecified atom stereocenters. The van der Waals surface area contributed by atoms with Crippen molar-refractivity contribution in [3.63, 3.8) is 0 Å². The molecule has 1 N–H and O–H groups in total. The molecule has 2 aromatic carbocycles. The molecule has 1 aliphatic rings. The summed E-state index contributed by atoms with van der Waals surface area (Å²) in [5.41, 5.74) is 1.19. The summed E-state index contributed by atoms with van der Waals surface area (Å²) in [4.78, 5) is 27.0. The number of benzene rings is 2. The van der Waals surface area contributed by atoms with E-state index in [2.05, 4.69) is 11.6 Å². The number of rotatable bonds is 7. The summed E-state index contributed by atoms with van der Waals surface area (Å²) in [6.45, 7) is 6.96. The molecular weight excluding hydrogens is 444 g/mol. The van der Waals surface area contributed by atoms with E-state index in [0.717, 1.165) is 12.8 Å². The van der Waals surface area contributed by atoms with E-state index in [1.54, 1.807) is 36.9 Å². The standard InChI is InChI=1S/C24H30N2O6S/c1-5-32-24(28)19-7-6-8-21(17(19)3)25-33(29,30)18-9-10-22(31-4)20(15-18)23(27)26-13-11-16(2)12-14-26/h6-10,15-16,25H,5,11-14H2,1-4H3. The fourth-order valence-corrected chi connectivity index (χ4v) is 4.93. The average Bonchev–Trinajstić information content (AvgIpc) is 2.80. The Balaban J connectivity index is 1.91. The number of anilines is 1. The summed E-state index contributed by atoms with van der Waals surface area (Å²) in [7, 11) is -2.59. The number of nitrogens with one attached hydrogen (secondary N) is 1. The van der Waals surface area contributed by atoms with Crippen LogP contribution < -0.4 is 9.46 Å². The molecule has 0 radical (unpaired) electrons. The largest absolute Gasteiger partial charge is 0.496 e. The van der Waals surface area contributed by atoms with Gasteiger partial charge < -0.3 is 14.4 Å². The lowest BCUT2D eigenvalue weighted by molar-refractivity contribution is 0.0525. The minimum Gasteiger partial charge on any atom is -0.496 e. The SMILES string of the molecule is CCOC(=O)c1cccc(NS(=O)(=O)c2ccc(OC)c(C(=O)N3CCC(C)CC3)c2)c1C. The van der Waals surface area contributed by atoms with Crippen LogP contribution in [0, 0.1) is 12.8 Å². The van der Waals surface area contributed by atoms with Crippen molar-refractivity contribution in [2.24, 2.45) is 5.92 Å². The Morgan fingerprint density at radius 1 is 1.12 bits per heavy atom. The first-order valence-electron chi connectivity index (χ1n) is 10.9. The van der Waals surface area contributed by atoms with Crippen molar-refractivity contribution in [2.75, 3.05) is 31.5 Å². The number of amides is 1. The van der Waals surface area contributed by atoms with Gasteiger partial charge in [-0.1, -0.05) is 13.0 Å². The van der Waals surface area contributed by atoms with E-state index in [1.807, 2.05) is 0 Å². The third kappa shape index (κ3) is 5.47. The quantitative estimate of drug-likeness (QED) is 0.612. The molecule has 9 heteroatoms. The average molecular weight is 475 g/mol. The number of likely N-dealkylation sites (tertiary alicyclic amines) is 1. The van der Waals surface area contributed by atoms with Gasteiger partial charge >= 0.3 is 5.97 Å². The van der Waals surface area contributed by atoms with Gasteiger partial charge in [-0.05, 0) is 68.5 Å². The van der Waals surface area contributed by atoms with Gasteiger partial charge in [-0.25, -0.2) is 13.2 Å². The highest BCUT2D eigenvalue weighted by Gasteiger charge is 2.26. The Bertz CT molecular complexity index is 1140. The number of ether oxygens (including phenoxy) is 2. The summed E-state index contributed by atoms with van der Waals surface area (Å²) in [5, 5.41) is 0. The summed E-state index contributed by atoms with van der Waals surface area (Å²) >= 11 is 0. The van der Waals surface area contributed by atoms with Gasteiger partial charge in [-0.15, -0.1) is 0 Å². The second-order valence-corrected chi connectivity index (χ2v) is 9.82. The summed E-state index contributed by atoms with van der Waals surface area (Å²) in [5.74, 6) is 0.0963. The van der Waals surface area contributed by atoms with E-state index < -0.39 is 16.0 Å². The Labute approximate surface area is 194 Å². The molecule has 0 saturated carbocycles. The summed E-state index contributed by atoms with van der Waals surface area (Å²) in [6, 6.07) is 8.94. The van der Waals surface area contributed by atoms with Crippen LogP contribution in [0.2, 0.25) is 0 Å². The number of esters is 1. The van der Waals surface area contributed by atoms with Gasteiger partial charge in [-0.2, -0.15) is 0 Å². The second-order valence-electron chi connectivity index (χ2n) is 8.14. The number of sulfonamides is 1. The minimum atomic E-state index is -4.04. The number of methoxy groups -OCH3 is 1. The lowest BCUT2D eigenvalue weighted by Crippen LogP contribution is -2.38. The van der Waals surface area contributed by atoms with Crippen molar-refractivity contribution < 1.29 is 27.5 Å². The normalized spacial score (nSPS) is 14.6. The maximum absolute atomic E-state index is 13.2. The molecule has 3 rings (SSSR count). The smallest absolute Gasteiger partial charge is 0.338 e. The van der Waals surface area contributed by atoms with Gasteiger partial charge in [0.25, 0.3) is 15.9 Å². The molecule has 0 atom stereocenters. The first-order chi connectivity index (χ1) is 15.7. The minimum absolute atomic E-state index is 0.0713. The zero-order valence-corrected chi connectivity index (χ0v) is 20.2. The molecule has 1 aliphatic heterocycles. The molecule has 0 spiro atoms. The zero-order valence-electron chi connectivity index (χ0n) is 19.4. The van der Waals surface area contributed by atoms with Crippen LogP contribution in [0.3, 0.4) is 0 Å². The van der Waals surface area contributed by atoms with Crippen LogP contribution in [-0.2, 0) is 14.8 Å². The van der Waals surface area contributed by atoms with Crippen molar-refractivity contribution >= 4 is 27.6 Å². The van der Waals surface area contributed by atoms with Crippen molar-refractivity contribution in [2.45, 2.75) is 38.5 Å².